The number of allylic oxidation sites excluding steroid dienone is 2. The van der Waals surface area contributed by atoms with Crippen molar-refractivity contribution >= 4 is 29.4 Å². The number of unbranched alkanes of at least 4 members (excludes halogenated alkanes) is 1. The van der Waals surface area contributed by atoms with Crippen LogP contribution in [0, 0.1) is 11.8 Å². The molecule has 2 aliphatic rings. The zero-order chi connectivity index (χ0) is 19.8. The molecule has 2 fully saturated rings. The fraction of sp³-hybridized carbons (Fsp3) is 0.524. The fourth-order valence-corrected chi connectivity index (χ4v) is 6.16. The van der Waals surface area contributed by atoms with Gasteiger partial charge in [0.25, 0.3) is 0 Å². The summed E-state index contributed by atoms with van der Waals surface area (Å²) >= 11 is 2.10. The highest BCUT2D eigenvalue weighted by molar-refractivity contribution is 8.01. The molecule has 6 nitrogen and oxygen atoms in total. The Labute approximate surface area is 170 Å². The van der Waals surface area contributed by atoms with Crippen molar-refractivity contribution in [3.8, 4) is 0 Å². The molecular formula is C21H29N3O3S. The quantitative estimate of drug-likeness (QED) is 0.269. The first-order valence-electron chi connectivity index (χ1n) is 10.0. The largest absolute Gasteiger partial charge is 0.481 e. The van der Waals surface area contributed by atoms with Gasteiger partial charge in [-0.3, -0.25) is 10.2 Å². The topological polar surface area (TPSA) is 90.5 Å². The Kier molecular flexibility index (Phi) is 7.80. The number of carbonyl (C=O) groups excluding carboxylic acids is 1. The monoisotopic (exact) mass is 403 g/mol. The maximum absolute atomic E-state index is 12.0. The molecule has 2 bridgehead atoms. The Hall–Kier alpha value is -1.99. The summed E-state index contributed by atoms with van der Waals surface area (Å²) in [6, 6.07) is 9.13. The van der Waals surface area contributed by atoms with Gasteiger partial charge in [0.05, 0.1) is 0 Å². The van der Waals surface area contributed by atoms with Crippen LogP contribution in [0.25, 0.3) is 0 Å². The number of hydrogen-bond acceptors (Lipinski definition) is 4. The zero-order valence-electron chi connectivity index (χ0n) is 16.0. The lowest BCUT2D eigenvalue weighted by atomic mass is 9.77. The van der Waals surface area contributed by atoms with E-state index in [1.54, 1.807) is 0 Å². The van der Waals surface area contributed by atoms with E-state index >= 15 is 0 Å². The molecule has 1 aromatic carbocycles. The van der Waals surface area contributed by atoms with Crippen LogP contribution in [-0.2, 0) is 4.79 Å². The number of hydrogen-bond donors (Lipinski definition) is 4. The molecule has 2 amide bonds. The predicted octanol–water partition coefficient (Wildman–Crippen LogP) is 4.02. The standard InChI is InChI=1S/C21H29N3O3S/c25-20(26)11-7-2-1-6-10-16-17(19-13-12-18(16)28-19)14-22-24-21(27)23-15-8-4-3-5-9-15/h1,3-6,8-9,16-19,22H,2,7,10-14H2,(H,25,26)(H2,23,24,27)/t16-,17+,18-,19+/m0/s1. The summed E-state index contributed by atoms with van der Waals surface area (Å²) in [7, 11) is 0. The average Bonchev–Trinajstić information content (AvgIpc) is 3.27. The number of nitrogens with one attached hydrogen (secondary N) is 3. The van der Waals surface area contributed by atoms with Gasteiger partial charge in [0.2, 0.25) is 0 Å². The maximum atomic E-state index is 12.0. The molecule has 28 heavy (non-hydrogen) atoms. The third kappa shape index (κ3) is 6.01. The van der Waals surface area contributed by atoms with Crippen LogP contribution in [0.1, 0.15) is 38.5 Å². The first kappa shape index (κ1) is 20.7. The predicted molar refractivity (Wildman–Crippen MR) is 113 cm³/mol. The lowest BCUT2D eigenvalue weighted by Crippen LogP contribution is -2.45. The van der Waals surface area contributed by atoms with Gasteiger partial charge in [0, 0.05) is 29.2 Å². The number of anilines is 1. The normalized spacial score (nSPS) is 25.9. The van der Waals surface area contributed by atoms with Gasteiger partial charge in [-0.05, 0) is 56.1 Å². The highest BCUT2D eigenvalue weighted by Gasteiger charge is 2.47. The lowest BCUT2D eigenvalue weighted by molar-refractivity contribution is -0.137. The number of hydrazine groups is 1. The molecule has 0 aliphatic carbocycles. The average molecular weight is 404 g/mol. The molecule has 0 spiro atoms. The van der Waals surface area contributed by atoms with Gasteiger partial charge >= 0.3 is 12.0 Å². The SMILES string of the molecule is O=C(O)CCCC=CC[C@H]1[C@@H](CNNC(=O)Nc2ccccc2)[C@H]2CC[C@@H]1S2. The van der Waals surface area contributed by atoms with Crippen molar-refractivity contribution in [1.29, 1.82) is 0 Å². The molecule has 7 heteroatoms. The number of amides is 2. The second kappa shape index (κ2) is 10.5. The Morgan fingerprint density at radius 2 is 1.86 bits per heavy atom. The summed E-state index contributed by atoms with van der Waals surface area (Å²) in [5.41, 5.74) is 6.64. The summed E-state index contributed by atoms with van der Waals surface area (Å²) in [5.74, 6) is 0.434. The van der Waals surface area contributed by atoms with Gasteiger partial charge < -0.3 is 10.4 Å². The minimum atomic E-state index is -0.729. The number of aliphatic carboxylic acids is 1. The molecule has 0 saturated carbocycles. The minimum Gasteiger partial charge on any atom is -0.481 e. The van der Waals surface area contributed by atoms with Gasteiger partial charge in [-0.2, -0.15) is 11.8 Å². The number of carboxylic acids is 1. The fourth-order valence-electron chi connectivity index (χ4n) is 4.16. The van der Waals surface area contributed by atoms with Gasteiger partial charge in [-0.15, -0.1) is 0 Å². The molecule has 1 aromatic rings. The van der Waals surface area contributed by atoms with E-state index < -0.39 is 5.97 Å². The van der Waals surface area contributed by atoms with E-state index in [4.69, 9.17) is 5.11 Å². The summed E-state index contributed by atoms with van der Waals surface area (Å²) in [6.07, 6.45) is 9.67. The number of benzene rings is 1. The van der Waals surface area contributed by atoms with Gasteiger partial charge in [-0.1, -0.05) is 30.4 Å². The number of thioether (sulfide) groups is 1. The molecule has 4 atom stereocenters. The molecule has 2 heterocycles. The van der Waals surface area contributed by atoms with Crippen molar-refractivity contribution in [1.82, 2.24) is 10.9 Å². The summed E-state index contributed by atoms with van der Waals surface area (Å²) in [5, 5.41) is 12.9. The van der Waals surface area contributed by atoms with Crippen LogP contribution in [0.5, 0.6) is 0 Å². The van der Waals surface area contributed by atoms with E-state index in [0.717, 1.165) is 25.1 Å². The summed E-state index contributed by atoms with van der Waals surface area (Å²) in [4.78, 5) is 22.6. The number of carboxylic acid groups (broad SMARTS) is 1. The van der Waals surface area contributed by atoms with Crippen molar-refractivity contribution in [2.24, 2.45) is 11.8 Å². The van der Waals surface area contributed by atoms with Gasteiger partial charge in [0.15, 0.2) is 0 Å². The third-order valence-corrected chi connectivity index (χ3v) is 7.37. The van der Waals surface area contributed by atoms with E-state index in [-0.39, 0.29) is 12.5 Å². The molecule has 2 aliphatic heterocycles. The Morgan fingerprint density at radius 3 is 2.61 bits per heavy atom. The minimum absolute atomic E-state index is 0.234. The van der Waals surface area contributed by atoms with Crippen LogP contribution in [0.2, 0.25) is 0 Å². The Balaban J connectivity index is 1.40. The van der Waals surface area contributed by atoms with E-state index in [1.807, 2.05) is 30.3 Å². The van der Waals surface area contributed by atoms with Crippen LogP contribution in [0.4, 0.5) is 10.5 Å². The Bertz CT molecular complexity index is 683. The van der Waals surface area contributed by atoms with Gasteiger partial charge in [-0.25, -0.2) is 10.2 Å². The van der Waals surface area contributed by atoms with Crippen molar-refractivity contribution in [2.45, 2.75) is 49.0 Å². The number of carbonyl (C=O) groups is 2. The molecule has 0 aromatic heterocycles. The van der Waals surface area contributed by atoms with Crippen LogP contribution in [-0.4, -0.2) is 34.2 Å². The summed E-state index contributed by atoms with van der Waals surface area (Å²) < 4.78 is 0. The Morgan fingerprint density at radius 1 is 1.11 bits per heavy atom. The molecule has 152 valence electrons. The number of urea groups is 1. The second-order valence-electron chi connectivity index (χ2n) is 7.44. The van der Waals surface area contributed by atoms with Crippen molar-refractivity contribution < 1.29 is 14.7 Å². The van der Waals surface area contributed by atoms with E-state index in [0.29, 0.717) is 28.8 Å². The number of para-hydroxylation sites is 1. The summed E-state index contributed by atoms with van der Waals surface area (Å²) in [6.45, 7) is 0.772. The highest BCUT2D eigenvalue weighted by Crippen LogP contribution is 2.54. The van der Waals surface area contributed by atoms with E-state index in [1.165, 1.54) is 12.8 Å². The smallest absolute Gasteiger partial charge is 0.333 e. The van der Waals surface area contributed by atoms with E-state index in [9.17, 15) is 9.59 Å². The first-order chi connectivity index (χ1) is 13.6. The third-order valence-electron chi connectivity index (χ3n) is 5.50. The van der Waals surface area contributed by atoms with Crippen molar-refractivity contribution in [3.05, 3.63) is 42.5 Å². The zero-order valence-corrected chi connectivity index (χ0v) is 16.8. The number of rotatable bonds is 10. The lowest BCUT2D eigenvalue weighted by Gasteiger charge is -2.29. The number of fused-ring (bicyclic) bond motifs is 2. The molecule has 0 unspecified atom stereocenters. The molecule has 2 saturated heterocycles. The molecular weight excluding hydrogens is 374 g/mol. The van der Waals surface area contributed by atoms with Crippen molar-refractivity contribution in [3.63, 3.8) is 0 Å². The highest BCUT2D eigenvalue weighted by atomic mass is 32.2. The molecule has 3 rings (SSSR count). The maximum Gasteiger partial charge on any atom is 0.333 e. The van der Waals surface area contributed by atoms with Gasteiger partial charge in [0.1, 0.15) is 0 Å². The van der Waals surface area contributed by atoms with Crippen molar-refractivity contribution in [2.75, 3.05) is 11.9 Å². The second-order valence-corrected chi connectivity index (χ2v) is 8.92. The first-order valence-corrected chi connectivity index (χ1v) is 10.9. The van der Waals surface area contributed by atoms with Crippen LogP contribution in [0.3, 0.4) is 0 Å². The molecule has 4 N–H and O–H groups in total. The van der Waals surface area contributed by atoms with Crippen LogP contribution < -0.4 is 16.2 Å². The van der Waals surface area contributed by atoms with Crippen LogP contribution in [0.15, 0.2) is 42.5 Å². The molecule has 0 radical (unpaired) electrons. The van der Waals surface area contributed by atoms with E-state index in [2.05, 4.69) is 40.1 Å². The van der Waals surface area contributed by atoms with Crippen LogP contribution >= 0.6 is 11.8 Å².